The Labute approximate surface area is 168 Å². The van der Waals surface area contributed by atoms with E-state index in [0.717, 1.165) is 23.0 Å². The molecule has 2 N–H and O–H groups in total. The van der Waals surface area contributed by atoms with E-state index in [1.165, 1.54) is 18.2 Å². The molecule has 2 aromatic carbocycles. The summed E-state index contributed by atoms with van der Waals surface area (Å²) in [6.45, 7) is 0. The lowest BCUT2D eigenvalue weighted by Gasteiger charge is -2.14. The predicted molar refractivity (Wildman–Crippen MR) is 106 cm³/mol. The number of nitrogens with zero attached hydrogens (tertiary/aromatic N) is 2. The molecule has 30 heavy (non-hydrogen) atoms. The fourth-order valence-corrected chi connectivity index (χ4v) is 2.87. The highest BCUT2D eigenvalue weighted by Crippen LogP contribution is 2.30. The molecule has 4 rings (SSSR count). The van der Waals surface area contributed by atoms with E-state index in [-0.39, 0.29) is 5.69 Å². The number of halogens is 3. The Morgan fingerprint density at radius 2 is 1.67 bits per heavy atom. The second kappa shape index (κ2) is 7.78. The lowest BCUT2D eigenvalue weighted by atomic mass is 10.1. The zero-order chi connectivity index (χ0) is 21.1. The van der Waals surface area contributed by atoms with Gasteiger partial charge >= 0.3 is 12.4 Å². The van der Waals surface area contributed by atoms with Crippen molar-refractivity contribution in [2.24, 2.45) is 0 Å². The predicted octanol–water partition coefficient (Wildman–Crippen LogP) is 5.54. The summed E-state index contributed by atoms with van der Waals surface area (Å²) in [5, 5.41) is 4.93. The molecule has 0 atom stereocenters. The van der Waals surface area contributed by atoms with Gasteiger partial charge in [0.25, 0.3) is 0 Å². The van der Waals surface area contributed by atoms with Crippen LogP contribution in [0.2, 0.25) is 0 Å². The van der Waals surface area contributed by atoms with Gasteiger partial charge in [-0.05, 0) is 36.4 Å². The second-order valence-corrected chi connectivity index (χ2v) is 6.29. The van der Waals surface area contributed by atoms with Crippen LogP contribution in [-0.2, 0) is 0 Å². The molecule has 0 aliphatic heterocycles. The van der Waals surface area contributed by atoms with E-state index in [0.29, 0.717) is 5.69 Å². The fourth-order valence-electron chi connectivity index (χ4n) is 2.87. The number of alkyl halides is 3. The third-order valence-electron chi connectivity index (χ3n) is 4.16. The number of nitrogens with one attached hydrogen (secondary N) is 2. The summed E-state index contributed by atoms with van der Waals surface area (Å²) in [6, 6.07) is 17.2. The Hall–Kier alpha value is -4.01. The Bertz CT molecular complexity index is 1150. The van der Waals surface area contributed by atoms with Crippen LogP contribution in [0.5, 0.6) is 5.75 Å². The van der Waals surface area contributed by atoms with Crippen molar-refractivity contribution in [2.45, 2.75) is 6.36 Å². The monoisotopic (exact) mass is 412 g/mol. The molecule has 9 heteroatoms. The average molecular weight is 412 g/mol. The van der Waals surface area contributed by atoms with Gasteiger partial charge in [0.2, 0.25) is 0 Å². The first-order valence-electron chi connectivity index (χ1n) is 8.84. The van der Waals surface area contributed by atoms with Crippen LogP contribution in [0.3, 0.4) is 0 Å². The number of urea groups is 1. The van der Waals surface area contributed by atoms with Crippen LogP contribution >= 0.6 is 0 Å². The summed E-state index contributed by atoms with van der Waals surface area (Å²) >= 11 is 0. The number of carbonyl (C=O) groups excluding carboxylic acids is 1. The van der Waals surface area contributed by atoms with Crippen LogP contribution in [-0.4, -0.2) is 21.8 Å². The van der Waals surface area contributed by atoms with Gasteiger partial charge in [0, 0.05) is 23.6 Å². The number of amides is 2. The lowest BCUT2D eigenvalue weighted by Crippen LogP contribution is -2.22. The van der Waals surface area contributed by atoms with Crippen molar-refractivity contribution in [3.8, 4) is 17.0 Å². The highest BCUT2D eigenvalue weighted by Gasteiger charge is 2.32. The molecule has 0 fully saturated rings. The largest absolute Gasteiger partial charge is 0.573 e. The first kappa shape index (κ1) is 19.3. The molecule has 0 saturated heterocycles. The SMILES string of the molecule is O=C(Nc1ccc(-c2cn3ccccc3n2)cc1)Nc1ccccc1OC(F)(F)F. The maximum atomic E-state index is 12.5. The molecule has 0 unspecified atom stereocenters. The van der Waals surface area contributed by atoms with E-state index >= 15 is 0 Å². The first-order chi connectivity index (χ1) is 14.4. The standard InChI is InChI=1S/C21H15F3N4O2/c22-21(23,24)30-18-6-2-1-5-16(18)27-20(29)25-15-10-8-14(9-11-15)17-13-28-12-4-3-7-19(28)26-17/h1-13H,(H2,25,27,29). The van der Waals surface area contributed by atoms with Crippen molar-refractivity contribution in [3.05, 3.63) is 79.1 Å². The fraction of sp³-hybridized carbons (Fsp3) is 0.0476. The molecule has 0 bridgehead atoms. The topological polar surface area (TPSA) is 67.7 Å². The lowest BCUT2D eigenvalue weighted by molar-refractivity contribution is -0.274. The van der Waals surface area contributed by atoms with Crippen molar-refractivity contribution in [1.82, 2.24) is 9.38 Å². The van der Waals surface area contributed by atoms with Gasteiger partial charge in [-0.2, -0.15) is 0 Å². The van der Waals surface area contributed by atoms with Gasteiger partial charge in [-0.25, -0.2) is 9.78 Å². The number of pyridine rings is 1. The minimum absolute atomic E-state index is 0.103. The van der Waals surface area contributed by atoms with Crippen LogP contribution in [0.15, 0.2) is 79.1 Å². The smallest absolute Gasteiger partial charge is 0.404 e. The maximum absolute atomic E-state index is 12.5. The van der Waals surface area contributed by atoms with Crippen molar-refractivity contribution >= 4 is 23.1 Å². The number of ether oxygens (including phenoxy) is 1. The van der Waals surface area contributed by atoms with Gasteiger partial charge in [0.05, 0.1) is 11.4 Å². The van der Waals surface area contributed by atoms with Crippen LogP contribution < -0.4 is 15.4 Å². The third-order valence-corrected chi connectivity index (χ3v) is 4.16. The summed E-state index contributed by atoms with van der Waals surface area (Å²) in [5.41, 5.74) is 2.81. The molecule has 2 heterocycles. The zero-order valence-electron chi connectivity index (χ0n) is 15.4. The van der Waals surface area contributed by atoms with E-state index < -0.39 is 18.1 Å². The summed E-state index contributed by atoms with van der Waals surface area (Å²) in [4.78, 5) is 16.7. The number of rotatable bonds is 4. The van der Waals surface area contributed by atoms with E-state index in [4.69, 9.17) is 0 Å². The van der Waals surface area contributed by atoms with Gasteiger partial charge in [-0.15, -0.1) is 13.2 Å². The van der Waals surface area contributed by atoms with Gasteiger partial charge in [0.15, 0.2) is 5.75 Å². The molecule has 0 aliphatic rings. The molecule has 6 nitrogen and oxygen atoms in total. The molecule has 152 valence electrons. The van der Waals surface area contributed by atoms with Gasteiger partial charge in [-0.1, -0.05) is 30.3 Å². The normalized spacial score (nSPS) is 11.3. The number of hydrogen-bond acceptors (Lipinski definition) is 3. The molecular formula is C21H15F3N4O2. The van der Waals surface area contributed by atoms with Crippen LogP contribution in [0.1, 0.15) is 0 Å². The number of hydrogen-bond donors (Lipinski definition) is 2. The summed E-state index contributed by atoms with van der Waals surface area (Å²) in [6.07, 6.45) is -1.07. The molecule has 4 aromatic rings. The molecule has 2 amide bonds. The second-order valence-electron chi connectivity index (χ2n) is 6.29. The Morgan fingerprint density at radius 1 is 0.933 bits per heavy atom. The van der Waals surface area contributed by atoms with Crippen LogP contribution in [0.25, 0.3) is 16.9 Å². The van der Waals surface area contributed by atoms with Gasteiger partial charge in [0.1, 0.15) is 5.65 Å². The number of para-hydroxylation sites is 2. The van der Waals surface area contributed by atoms with E-state index in [9.17, 15) is 18.0 Å². The Morgan fingerprint density at radius 3 is 2.40 bits per heavy atom. The van der Waals surface area contributed by atoms with Crippen molar-refractivity contribution in [1.29, 1.82) is 0 Å². The number of carbonyl (C=O) groups is 1. The highest BCUT2D eigenvalue weighted by molar-refractivity contribution is 6.00. The number of fused-ring (bicyclic) bond motifs is 1. The number of aromatic nitrogens is 2. The minimum atomic E-state index is -4.86. The van der Waals surface area contributed by atoms with Crippen molar-refractivity contribution in [2.75, 3.05) is 10.6 Å². The summed E-state index contributed by atoms with van der Waals surface area (Å²) < 4.78 is 43.3. The van der Waals surface area contributed by atoms with Crippen molar-refractivity contribution < 1.29 is 22.7 Å². The number of benzene rings is 2. The van der Waals surface area contributed by atoms with E-state index in [2.05, 4.69) is 20.4 Å². The Kier molecular flexibility index (Phi) is 5.01. The van der Waals surface area contributed by atoms with E-state index in [1.807, 2.05) is 35.0 Å². The number of imidazole rings is 1. The van der Waals surface area contributed by atoms with Crippen LogP contribution in [0.4, 0.5) is 29.3 Å². The first-order valence-corrected chi connectivity index (χ1v) is 8.84. The van der Waals surface area contributed by atoms with Gasteiger partial charge < -0.3 is 19.8 Å². The maximum Gasteiger partial charge on any atom is 0.573 e. The highest BCUT2D eigenvalue weighted by atomic mass is 19.4. The molecule has 0 saturated carbocycles. The molecule has 0 aliphatic carbocycles. The number of anilines is 2. The zero-order valence-corrected chi connectivity index (χ0v) is 15.4. The molecule has 0 radical (unpaired) electrons. The summed E-state index contributed by atoms with van der Waals surface area (Å²) in [5.74, 6) is -0.498. The van der Waals surface area contributed by atoms with Gasteiger partial charge in [-0.3, -0.25) is 0 Å². The Balaban J connectivity index is 1.44. The molecular weight excluding hydrogens is 397 g/mol. The average Bonchev–Trinajstić information content (AvgIpc) is 3.13. The summed E-state index contributed by atoms with van der Waals surface area (Å²) in [7, 11) is 0. The quantitative estimate of drug-likeness (QED) is 0.462. The third kappa shape index (κ3) is 4.52. The van der Waals surface area contributed by atoms with E-state index in [1.54, 1.807) is 24.3 Å². The molecule has 2 aromatic heterocycles. The van der Waals surface area contributed by atoms with Crippen molar-refractivity contribution in [3.63, 3.8) is 0 Å². The minimum Gasteiger partial charge on any atom is -0.404 e. The molecule has 0 spiro atoms. The van der Waals surface area contributed by atoms with Crippen LogP contribution in [0, 0.1) is 0 Å².